The van der Waals surface area contributed by atoms with Crippen LogP contribution >= 0.6 is 0 Å². The van der Waals surface area contributed by atoms with E-state index in [1.54, 1.807) is 0 Å². The molecule has 19 heavy (non-hydrogen) atoms. The molecule has 0 aliphatic heterocycles. The van der Waals surface area contributed by atoms with Crippen molar-refractivity contribution in [3.05, 3.63) is 68.5 Å². The molecule has 0 fully saturated rings. The summed E-state index contributed by atoms with van der Waals surface area (Å²) >= 11 is 0. The Balaban J connectivity index is 2.13. The molecule has 3 rings (SSSR count). The van der Waals surface area contributed by atoms with Gasteiger partial charge >= 0.3 is 5.69 Å². The molecule has 5 nitrogen and oxygen atoms in total. The van der Waals surface area contributed by atoms with Crippen molar-refractivity contribution in [3.8, 4) is 0 Å². The maximum Gasteiger partial charge on any atom is 0.328 e. The lowest BCUT2D eigenvalue weighted by atomic mass is 10.0. The molecule has 98 valence electrons. The molecule has 0 spiro atoms. The third-order valence-electron chi connectivity index (χ3n) is 3.71. The maximum atomic E-state index is 11.9. The van der Waals surface area contributed by atoms with Crippen molar-refractivity contribution in [2.45, 2.75) is 18.4 Å². The Kier molecular flexibility index (Phi) is 2.83. The number of aliphatic hydroxyl groups excluding tert-OH is 1. The van der Waals surface area contributed by atoms with Crippen LogP contribution in [0.2, 0.25) is 0 Å². The molecule has 1 aliphatic carbocycles. The number of fused-ring (bicyclic) bond motifs is 1. The van der Waals surface area contributed by atoms with Gasteiger partial charge in [-0.1, -0.05) is 24.3 Å². The average Bonchev–Trinajstić information content (AvgIpc) is 2.78. The van der Waals surface area contributed by atoms with Crippen LogP contribution in [0.3, 0.4) is 0 Å². The number of rotatable bonds is 2. The van der Waals surface area contributed by atoms with Gasteiger partial charge in [0.1, 0.15) is 0 Å². The van der Waals surface area contributed by atoms with Gasteiger partial charge in [0.2, 0.25) is 0 Å². The Hall–Kier alpha value is -2.14. The lowest BCUT2D eigenvalue weighted by Crippen LogP contribution is -2.31. The summed E-state index contributed by atoms with van der Waals surface area (Å²) in [5, 5.41) is 9.45. The van der Waals surface area contributed by atoms with E-state index >= 15 is 0 Å². The van der Waals surface area contributed by atoms with Crippen molar-refractivity contribution in [3.63, 3.8) is 0 Å². The lowest BCUT2D eigenvalue weighted by molar-refractivity contribution is 0.258. The Morgan fingerprint density at radius 3 is 2.63 bits per heavy atom. The Morgan fingerprint density at radius 2 is 1.95 bits per heavy atom. The lowest BCUT2D eigenvalue weighted by Gasteiger charge is -2.14. The van der Waals surface area contributed by atoms with Crippen LogP contribution in [0.15, 0.2) is 46.1 Å². The van der Waals surface area contributed by atoms with Crippen molar-refractivity contribution in [1.82, 2.24) is 9.55 Å². The predicted molar refractivity (Wildman–Crippen MR) is 70.3 cm³/mol. The molecule has 5 heteroatoms. The minimum absolute atomic E-state index is 0.0417. The average molecular weight is 258 g/mol. The molecule has 2 N–H and O–H groups in total. The van der Waals surface area contributed by atoms with E-state index in [4.69, 9.17) is 0 Å². The minimum Gasteiger partial charge on any atom is -0.396 e. The topological polar surface area (TPSA) is 75.1 Å². The number of aromatic amines is 1. The highest BCUT2D eigenvalue weighted by Gasteiger charge is 2.31. The highest BCUT2D eigenvalue weighted by Crippen LogP contribution is 2.41. The van der Waals surface area contributed by atoms with E-state index in [-0.39, 0.29) is 18.6 Å². The van der Waals surface area contributed by atoms with Gasteiger partial charge in [0.05, 0.1) is 12.6 Å². The Morgan fingerprint density at radius 1 is 1.21 bits per heavy atom. The van der Waals surface area contributed by atoms with Crippen LogP contribution in [-0.2, 0) is 0 Å². The predicted octanol–water partition coefficient (Wildman–Crippen LogP) is 0.606. The molecule has 0 radical (unpaired) electrons. The highest BCUT2D eigenvalue weighted by atomic mass is 16.3. The molecule has 0 saturated carbocycles. The number of benzene rings is 1. The zero-order chi connectivity index (χ0) is 13.4. The van der Waals surface area contributed by atoms with E-state index < -0.39 is 11.2 Å². The Bertz CT molecular complexity index is 717. The van der Waals surface area contributed by atoms with Crippen molar-refractivity contribution in [1.29, 1.82) is 0 Å². The molecule has 0 amide bonds. The van der Waals surface area contributed by atoms with Gasteiger partial charge in [-0.2, -0.15) is 0 Å². The van der Waals surface area contributed by atoms with E-state index in [1.807, 2.05) is 24.3 Å². The fourth-order valence-corrected chi connectivity index (χ4v) is 2.82. The van der Waals surface area contributed by atoms with Gasteiger partial charge in [-0.3, -0.25) is 14.3 Å². The first-order chi connectivity index (χ1) is 9.20. The molecule has 2 atom stereocenters. The van der Waals surface area contributed by atoms with Crippen molar-refractivity contribution < 1.29 is 5.11 Å². The molecule has 0 bridgehead atoms. The molecule has 1 aromatic carbocycles. The number of H-pyrrole nitrogens is 1. The number of nitrogens with zero attached hydrogens (tertiary/aromatic N) is 1. The van der Waals surface area contributed by atoms with E-state index in [1.165, 1.54) is 16.8 Å². The summed E-state index contributed by atoms with van der Waals surface area (Å²) in [6.45, 7) is 0.0611. The van der Waals surface area contributed by atoms with Crippen molar-refractivity contribution in [2.75, 3.05) is 6.61 Å². The van der Waals surface area contributed by atoms with Crippen molar-refractivity contribution in [2.24, 2.45) is 0 Å². The largest absolute Gasteiger partial charge is 0.396 e. The Labute approximate surface area is 109 Å². The SMILES string of the molecule is O=c1ccn([C@H]2C[C@@H](CO)c3ccccc32)c(=O)[nH]1. The standard InChI is InChI=1S/C14H14N2O3/c17-8-9-7-12(11-4-2-1-3-10(9)11)16-6-5-13(18)15-14(16)19/h1-6,9,12,17H,7-8H2,(H,15,18,19)/t9-,12-/m0/s1. The second-order valence-corrected chi connectivity index (χ2v) is 4.78. The summed E-state index contributed by atoms with van der Waals surface area (Å²) in [5.74, 6) is 0.0417. The first kappa shape index (κ1) is 11.9. The summed E-state index contributed by atoms with van der Waals surface area (Å²) in [6.07, 6.45) is 2.18. The summed E-state index contributed by atoms with van der Waals surface area (Å²) < 4.78 is 1.52. The maximum absolute atomic E-state index is 11.9. The summed E-state index contributed by atoms with van der Waals surface area (Å²) in [5.41, 5.74) is 1.31. The van der Waals surface area contributed by atoms with Crippen LogP contribution in [0.4, 0.5) is 0 Å². The van der Waals surface area contributed by atoms with Gasteiger partial charge in [-0.15, -0.1) is 0 Å². The molecule has 1 aliphatic rings. The summed E-state index contributed by atoms with van der Waals surface area (Å²) in [7, 11) is 0. The van der Waals surface area contributed by atoms with Gasteiger partial charge in [0.15, 0.2) is 0 Å². The first-order valence-corrected chi connectivity index (χ1v) is 6.22. The monoisotopic (exact) mass is 258 g/mol. The van der Waals surface area contributed by atoms with Crippen LogP contribution in [0.25, 0.3) is 0 Å². The number of nitrogens with one attached hydrogen (secondary N) is 1. The number of hydrogen-bond acceptors (Lipinski definition) is 3. The smallest absolute Gasteiger partial charge is 0.328 e. The van der Waals surface area contributed by atoms with Crippen LogP contribution in [0, 0.1) is 0 Å². The second kappa shape index (κ2) is 4.51. The molecule has 0 unspecified atom stereocenters. The zero-order valence-corrected chi connectivity index (χ0v) is 10.2. The highest BCUT2D eigenvalue weighted by molar-refractivity contribution is 5.38. The number of aliphatic hydroxyl groups is 1. The van der Waals surface area contributed by atoms with E-state index in [0.717, 1.165) is 11.1 Å². The fraction of sp³-hybridized carbons (Fsp3) is 0.286. The van der Waals surface area contributed by atoms with Gasteiger partial charge in [-0.05, 0) is 17.5 Å². The van der Waals surface area contributed by atoms with Crippen LogP contribution in [0.5, 0.6) is 0 Å². The van der Waals surface area contributed by atoms with Crippen LogP contribution in [-0.4, -0.2) is 21.3 Å². The normalized spacial score (nSPS) is 21.3. The third kappa shape index (κ3) is 1.92. The zero-order valence-electron chi connectivity index (χ0n) is 10.2. The number of hydrogen-bond donors (Lipinski definition) is 2. The molecule has 0 saturated heterocycles. The van der Waals surface area contributed by atoms with Gasteiger partial charge in [0, 0.05) is 18.2 Å². The number of aromatic nitrogens is 2. The summed E-state index contributed by atoms with van der Waals surface area (Å²) in [6, 6.07) is 9.01. The molecule has 1 heterocycles. The first-order valence-electron chi connectivity index (χ1n) is 6.22. The van der Waals surface area contributed by atoms with E-state index in [2.05, 4.69) is 4.98 Å². The van der Waals surface area contributed by atoms with Crippen molar-refractivity contribution >= 4 is 0 Å². The van der Waals surface area contributed by atoms with Crippen LogP contribution < -0.4 is 11.2 Å². The molecule has 2 aromatic rings. The second-order valence-electron chi connectivity index (χ2n) is 4.78. The summed E-state index contributed by atoms with van der Waals surface area (Å²) in [4.78, 5) is 25.3. The fourth-order valence-electron chi connectivity index (χ4n) is 2.82. The van der Waals surface area contributed by atoms with Gasteiger partial charge in [0.25, 0.3) is 5.56 Å². The van der Waals surface area contributed by atoms with Gasteiger partial charge < -0.3 is 5.11 Å². The minimum atomic E-state index is -0.411. The quantitative estimate of drug-likeness (QED) is 0.828. The molecule has 1 aromatic heterocycles. The molecular formula is C14H14N2O3. The van der Waals surface area contributed by atoms with Gasteiger partial charge in [-0.25, -0.2) is 4.79 Å². The van der Waals surface area contributed by atoms with E-state index in [9.17, 15) is 14.7 Å². The third-order valence-corrected chi connectivity index (χ3v) is 3.71. The molecular weight excluding hydrogens is 244 g/mol. The van der Waals surface area contributed by atoms with Crippen LogP contribution in [0.1, 0.15) is 29.5 Å². The van der Waals surface area contributed by atoms with E-state index in [0.29, 0.717) is 6.42 Å².